The van der Waals surface area contributed by atoms with E-state index in [1.165, 1.54) is 33.5 Å². The van der Waals surface area contributed by atoms with Crippen molar-refractivity contribution in [3.63, 3.8) is 0 Å². The summed E-state index contributed by atoms with van der Waals surface area (Å²) in [6.07, 6.45) is 3.49. The monoisotopic (exact) mass is 588 g/mol. The number of carbonyl (C=O) groups is 2. The van der Waals surface area contributed by atoms with E-state index in [-0.39, 0.29) is 35.3 Å². The van der Waals surface area contributed by atoms with Crippen molar-refractivity contribution in [2.75, 3.05) is 23.4 Å². The van der Waals surface area contributed by atoms with Crippen molar-refractivity contribution in [1.82, 2.24) is 9.97 Å². The summed E-state index contributed by atoms with van der Waals surface area (Å²) in [5.74, 6) is 0.460. The minimum atomic E-state index is -0.373. The van der Waals surface area contributed by atoms with E-state index in [0.717, 1.165) is 46.3 Å². The lowest BCUT2D eigenvalue weighted by atomic mass is 9.72. The van der Waals surface area contributed by atoms with E-state index in [1.807, 2.05) is 0 Å². The van der Waals surface area contributed by atoms with Gasteiger partial charge in [0.25, 0.3) is 0 Å². The van der Waals surface area contributed by atoms with Crippen LogP contribution in [0, 0.1) is 11.3 Å². The number of rotatable bonds is 6. The minimum absolute atomic E-state index is 0.0988. The molecule has 0 spiro atoms. The summed E-state index contributed by atoms with van der Waals surface area (Å²) >= 11 is 4.31. The Morgan fingerprint density at radius 2 is 1.97 bits per heavy atom. The summed E-state index contributed by atoms with van der Waals surface area (Å²) in [5, 5.41) is 4.92. The number of aromatic nitrogens is 2. The standard InChI is InChI=1S/C28H36N4O4S3/c1-7-35-25(34)21-15-9-8-14(27(2,3)4)10-17(15)38-24(21)30-19(33)13-37-26-31-22(29)20-16-11-28(5,6)36-12-18(16)39-23(20)32-26/h14H,7-13H2,1-6H3,(H,30,33)(H2,29,31,32). The summed E-state index contributed by atoms with van der Waals surface area (Å²) in [5.41, 5.74) is 9.01. The van der Waals surface area contributed by atoms with E-state index in [9.17, 15) is 9.59 Å². The maximum absolute atomic E-state index is 13.1. The van der Waals surface area contributed by atoms with Crippen LogP contribution in [-0.2, 0) is 40.1 Å². The van der Waals surface area contributed by atoms with Gasteiger partial charge >= 0.3 is 5.97 Å². The molecule has 0 radical (unpaired) electrons. The van der Waals surface area contributed by atoms with Crippen LogP contribution in [0.25, 0.3) is 10.2 Å². The van der Waals surface area contributed by atoms with Crippen molar-refractivity contribution in [2.45, 2.75) is 84.6 Å². The molecular formula is C28H36N4O4S3. The number of hydrogen-bond acceptors (Lipinski definition) is 10. The number of thioether (sulfide) groups is 1. The Morgan fingerprint density at radius 1 is 1.21 bits per heavy atom. The predicted octanol–water partition coefficient (Wildman–Crippen LogP) is 6.24. The van der Waals surface area contributed by atoms with Crippen LogP contribution in [0.15, 0.2) is 5.16 Å². The third kappa shape index (κ3) is 5.82. The van der Waals surface area contributed by atoms with Crippen molar-refractivity contribution < 1.29 is 19.1 Å². The molecule has 5 rings (SSSR count). The summed E-state index contributed by atoms with van der Waals surface area (Å²) < 4.78 is 11.3. The first-order valence-electron chi connectivity index (χ1n) is 13.3. The number of amides is 1. The fraction of sp³-hybridized carbons (Fsp3) is 0.571. The average Bonchev–Trinajstić information content (AvgIpc) is 3.38. The molecule has 0 aromatic carbocycles. The molecule has 0 fully saturated rings. The molecule has 1 unspecified atom stereocenters. The van der Waals surface area contributed by atoms with E-state index in [2.05, 4.69) is 44.9 Å². The maximum atomic E-state index is 13.1. The molecule has 3 N–H and O–H groups in total. The van der Waals surface area contributed by atoms with Crippen LogP contribution in [0.1, 0.15) is 79.2 Å². The SMILES string of the molecule is CCOC(=O)c1c(NC(=O)CSc2nc(N)c3c4c(sc3n2)COC(C)(C)C4)sc2c1CCC(C(C)(C)C)C2. The van der Waals surface area contributed by atoms with Gasteiger partial charge in [0.2, 0.25) is 5.91 Å². The lowest BCUT2D eigenvalue weighted by Gasteiger charge is -2.33. The Morgan fingerprint density at radius 3 is 2.69 bits per heavy atom. The highest BCUT2D eigenvalue weighted by Crippen LogP contribution is 2.45. The highest BCUT2D eigenvalue weighted by molar-refractivity contribution is 7.99. The van der Waals surface area contributed by atoms with E-state index in [0.29, 0.717) is 34.1 Å². The Labute approximate surface area is 241 Å². The summed E-state index contributed by atoms with van der Waals surface area (Å²) in [6, 6.07) is 0. The number of thiophene rings is 2. The number of nitrogen functional groups attached to an aromatic ring is 1. The molecule has 1 amide bonds. The number of carbonyl (C=O) groups excluding carboxylic acids is 2. The first-order valence-corrected chi connectivity index (χ1v) is 15.9. The van der Waals surface area contributed by atoms with Crippen LogP contribution in [0.4, 0.5) is 10.8 Å². The van der Waals surface area contributed by atoms with Crippen molar-refractivity contribution in [1.29, 1.82) is 0 Å². The normalized spacial score (nSPS) is 18.5. The molecule has 3 aromatic rings. The Balaban J connectivity index is 1.33. The first kappa shape index (κ1) is 28.3. The van der Waals surface area contributed by atoms with Crippen molar-refractivity contribution in [3.05, 3.63) is 26.4 Å². The zero-order chi connectivity index (χ0) is 28.1. The van der Waals surface area contributed by atoms with E-state index in [1.54, 1.807) is 18.3 Å². The van der Waals surface area contributed by atoms with Gasteiger partial charge in [0.15, 0.2) is 5.16 Å². The largest absolute Gasteiger partial charge is 0.462 e. The predicted molar refractivity (Wildman–Crippen MR) is 159 cm³/mol. The third-order valence-electron chi connectivity index (χ3n) is 7.49. The number of fused-ring (bicyclic) bond motifs is 4. The highest BCUT2D eigenvalue weighted by atomic mass is 32.2. The summed E-state index contributed by atoms with van der Waals surface area (Å²) in [4.78, 5) is 38.3. The van der Waals surface area contributed by atoms with Gasteiger partial charge in [-0.15, -0.1) is 22.7 Å². The second-order valence-corrected chi connectivity index (χ2v) is 15.0. The van der Waals surface area contributed by atoms with Gasteiger partial charge in [0, 0.05) is 16.2 Å². The number of nitrogens with two attached hydrogens (primary N) is 1. The van der Waals surface area contributed by atoms with Gasteiger partial charge in [0.1, 0.15) is 15.6 Å². The van der Waals surface area contributed by atoms with Crippen LogP contribution in [0.5, 0.6) is 0 Å². The summed E-state index contributed by atoms with van der Waals surface area (Å²) in [7, 11) is 0. The molecule has 3 aromatic heterocycles. The lowest BCUT2D eigenvalue weighted by Crippen LogP contribution is -2.31. The van der Waals surface area contributed by atoms with Crippen molar-refractivity contribution in [2.24, 2.45) is 11.3 Å². The van der Waals surface area contributed by atoms with Crippen molar-refractivity contribution >= 4 is 67.3 Å². The van der Waals surface area contributed by atoms with Crippen LogP contribution in [0.2, 0.25) is 0 Å². The number of ether oxygens (including phenoxy) is 2. The molecular weight excluding hydrogens is 553 g/mol. The molecule has 2 aliphatic rings. The molecule has 11 heteroatoms. The van der Waals surface area contributed by atoms with Gasteiger partial charge in [-0.05, 0) is 62.5 Å². The molecule has 4 heterocycles. The lowest BCUT2D eigenvalue weighted by molar-refractivity contribution is -0.113. The fourth-order valence-corrected chi connectivity index (χ4v) is 8.49. The molecule has 1 aliphatic carbocycles. The Kier molecular flexibility index (Phi) is 7.73. The highest BCUT2D eigenvalue weighted by Gasteiger charge is 2.35. The smallest absolute Gasteiger partial charge is 0.341 e. The van der Waals surface area contributed by atoms with Gasteiger partial charge in [0.05, 0.1) is 35.5 Å². The Hall–Kier alpha value is -2.21. The van der Waals surface area contributed by atoms with Crippen LogP contribution < -0.4 is 11.1 Å². The number of anilines is 2. The number of esters is 1. The molecule has 39 heavy (non-hydrogen) atoms. The maximum Gasteiger partial charge on any atom is 0.341 e. The molecule has 210 valence electrons. The molecule has 8 nitrogen and oxygen atoms in total. The van der Waals surface area contributed by atoms with Gasteiger partial charge in [-0.25, -0.2) is 14.8 Å². The molecule has 1 aliphatic heterocycles. The van der Waals surface area contributed by atoms with Gasteiger partial charge < -0.3 is 20.5 Å². The van der Waals surface area contributed by atoms with Gasteiger partial charge in [-0.1, -0.05) is 32.5 Å². The third-order valence-corrected chi connectivity index (χ3v) is 10.6. The Bertz CT molecular complexity index is 1440. The van der Waals surface area contributed by atoms with E-state index in [4.69, 9.17) is 20.2 Å². The number of hydrogen-bond donors (Lipinski definition) is 2. The van der Waals surface area contributed by atoms with Gasteiger partial charge in [-0.2, -0.15) is 0 Å². The van der Waals surface area contributed by atoms with Gasteiger partial charge in [-0.3, -0.25) is 4.79 Å². The second kappa shape index (κ2) is 10.6. The first-order chi connectivity index (χ1) is 18.4. The van der Waals surface area contributed by atoms with Crippen LogP contribution in [0.3, 0.4) is 0 Å². The molecule has 1 atom stereocenters. The van der Waals surface area contributed by atoms with Crippen LogP contribution in [-0.4, -0.2) is 39.8 Å². The number of nitrogens with zero attached hydrogens (tertiary/aromatic N) is 2. The van der Waals surface area contributed by atoms with E-state index >= 15 is 0 Å². The van der Waals surface area contributed by atoms with E-state index < -0.39 is 0 Å². The second-order valence-electron chi connectivity index (χ2n) is 11.9. The molecule has 0 saturated carbocycles. The zero-order valence-electron chi connectivity index (χ0n) is 23.4. The van der Waals surface area contributed by atoms with Crippen molar-refractivity contribution in [3.8, 4) is 0 Å². The molecule has 0 bridgehead atoms. The number of nitrogens with one attached hydrogen (secondary N) is 1. The quantitative estimate of drug-likeness (QED) is 0.197. The zero-order valence-corrected chi connectivity index (χ0v) is 25.8. The average molecular weight is 589 g/mol. The summed E-state index contributed by atoms with van der Waals surface area (Å²) in [6.45, 7) is 13.5. The fourth-order valence-electron chi connectivity index (χ4n) is 5.34. The van der Waals surface area contributed by atoms with Crippen LogP contribution >= 0.6 is 34.4 Å². The topological polar surface area (TPSA) is 116 Å². The minimum Gasteiger partial charge on any atom is -0.462 e. The molecule has 0 saturated heterocycles.